The molecule has 2 N–H and O–H groups in total. The molecule has 0 bridgehead atoms. The van der Waals surface area contributed by atoms with Gasteiger partial charge in [-0.3, -0.25) is 0 Å². The van der Waals surface area contributed by atoms with Crippen molar-refractivity contribution in [1.29, 1.82) is 0 Å². The maximum Gasteiger partial charge on any atom is 3.00 e. The van der Waals surface area contributed by atoms with Gasteiger partial charge in [-0.1, -0.05) is 107 Å². The maximum atomic E-state index is 11.2. The number of phosphoric acid groups is 1. The van der Waals surface area contributed by atoms with E-state index in [1.807, 2.05) is 0 Å². The molecule has 0 aromatic heterocycles. The number of hydrogen-bond acceptors (Lipinski definition) is 6. The number of phenols is 2. The number of phenolic OH excluding ortho intramolecular Hbond substituents is 2. The first kappa shape index (κ1) is 35.7. The Morgan fingerprint density at radius 3 is 1.03 bits per heavy atom. The predicted molar refractivity (Wildman–Crippen MR) is 147 cm³/mol. The normalized spacial score (nSPS) is 12.9. The van der Waals surface area contributed by atoms with Crippen molar-refractivity contribution >= 4 is 25.2 Å². The van der Waals surface area contributed by atoms with Gasteiger partial charge in [0.2, 0.25) is 0 Å². The van der Waals surface area contributed by atoms with E-state index in [1.165, 1.54) is 11.1 Å². The first-order valence-electron chi connectivity index (χ1n) is 12.2. The molecule has 0 unspecified atom stereocenters. The van der Waals surface area contributed by atoms with Crippen molar-refractivity contribution in [3.63, 3.8) is 0 Å². The molecule has 0 saturated heterocycles. The molecule has 2 aromatic carbocycles. The summed E-state index contributed by atoms with van der Waals surface area (Å²) in [5.74, 6) is 0.691. The Morgan fingerprint density at radius 1 is 0.595 bits per heavy atom. The van der Waals surface area contributed by atoms with E-state index in [4.69, 9.17) is 19.2 Å². The molecule has 204 valence electrons. The van der Waals surface area contributed by atoms with Crippen LogP contribution in [0.15, 0.2) is 24.3 Å². The molecule has 2 aromatic rings. The molecule has 0 saturated carbocycles. The molecule has 2 rings (SSSR count). The van der Waals surface area contributed by atoms with Crippen molar-refractivity contribution in [3.05, 3.63) is 57.6 Å². The minimum absolute atomic E-state index is 0. The molecule has 6 nitrogen and oxygen atoms in total. The predicted octanol–water partition coefficient (Wildman–Crippen LogP) is 4.67. The van der Waals surface area contributed by atoms with Gasteiger partial charge < -0.3 is 29.5 Å². The second kappa shape index (κ2) is 11.8. The summed E-state index contributed by atoms with van der Waals surface area (Å²) in [6.45, 7) is 26.0. The van der Waals surface area contributed by atoms with Crippen LogP contribution in [0.4, 0.5) is 0 Å². The summed E-state index contributed by atoms with van der Waals surface area (Å²) in [5, 5.41) is 22.5. The van der Waals surface area contributed by atoms with E-state index in [0.29, 0.717) is 17.9 Å². The second-order valence-corrected chi connectivity index (χ2v) is 14.6. The van der Waals surface area contributed by atoms with E-state index in [9.17, 15) is 10.2 Å². The zero-order chi connectivity index (χ0) is 28.7. The SMILES string of the molecule is CC(C)(C)c1cc(Cc2cc(C(C)(C)C)cc(C(C)(C)C)c2O)c(O)c(C(C)(C)C)c1.O=P([O-])([O-])[O-].[Al+3]. The van der Waals surface area contributed by atoms with Crippen LogP contribution in [0.3, 0.4) is 0 Å². The van der Waals surface area contributed by atoms with Gasteiger partial charge in [-0.15, -0.1) is 0 Å². The molecule has 0 heterocycles. The topological polar surface area (TPSA) is 127 Å². The van der Waals surface area contributed by atoms with Gasteiger partial charge in [-0.05, 0) is 55.0 Å². The van der Waals surface area contributed by atoms with E-state index >= 15 is 0 Å². The summed E-state index contributed by atoms with van der Waals surface area (Å²) in [5.41, 5.74) is 5.65. The molecule has 0 spiro atoms. The number of benzene rings is 2. The van der Waals surface area contributed by atoms with Gasteiger partial charge in [0.15, 0.2) is 0 Å². The van der Waals surface area contributed by atoms with Crippen molar-refractivity contribution in [1.82, 2.24) is 0 Å². The van der Waals surface area contributed by atoms with Crippen LogP contribution < -0.4 is 14.7 Å². The molecule has 0 atom stereocenters. The van der Waals surface area contributed by atoms with E-state index in [1.54, 1.807) is 0 Å². The molecule has 0 fully saturated rings. The van der Waals surface area contributed by atoms with Crippen molar-refractivity contribution in [3.8, 4) is 11.5 Å². The van der Waals surface area contributed by atoms with Gasteiger partial charge in [0.25, 0.3) is 0 Å². The minimum atomic E-state index is -5.39. The van der Waals surface area contributed by atoms with Gasteiger partial charge >= 0.3 is 17.4 Å². The summed E-state index contributed by atoms with van der Waals surface area (Å²) in [6, 6.07) is 8.52. The second-order valence-electron chi connectivity index (χ2n) is 13.7. The molecule has 0 aliphatic heterocycles. The first-order chi connectivity index (χ1) is 15.7. The summed E-state index contributed by atoms with van der Waals surface area (Å²) in [4.78, 5) is 25.6. The fourth-order valence-corrected chi connectivity index (χ4v) is 3.87. The average molecular weight is 547 g/mol. The van der Waals surface area contributed by atoms with Crippen molar-refractivity contribution in [2.45, 2.75) is 111 Å². The number of rotatable bonds is 2. The quantitative estimate of drug-likeness (QED) is 0.416. The molecule has 0 aliphatic carbocycles. The third-order valence-electron chi connectivity index (χ3n) is 6.11. The van der Waals surface area contributed by atoms with Crippen LogP contribution in [-0.4, -0.2) is 27.6 Å². The molecule has 37 heavy (non-hydrogen) atoms. The maximum absolute atomic E-state index is 11.2. The summed E-state index contributed by atoms with van der Waals surface area (Å²) in [7, 11) is -5.39. The Morgan fingerprint density at radius 2 is 0.838 bits per heavy atom. The fourth-order valence-electron chi connectivity index (χ4n) is 3.87. The van der Waals surface area contributed by atoms with Crippen LogP contribution in [0.1, 0.15) is 116 Å². The molecule has 0 radical (unpaired) electrons. The van der Waals surface area contributed by atoms with Crippen LogP contribution in [-0.2, 0) is 32.6 Å². The van der Waals surface area contributed by atoms with Crippen molar-refractivity contribution < 1.29 is 29.5 Å². The first-order valence-corrected chi connectivity index (χ1v) is 13.7. The molecule has 0 aliphatic rings. The molecule has 0 amide bonds. The Kier molecular flexibility index (Phi) is 11.4. The molecular weight excluding hydrogens is 502 g/mol. The standard InChI is InChI=1S/C29H44O2.Al.H3O4P/c1-26(2,3)20-14-18(24(30)22(16-20)28(7,8)9)13-19-15-21(27(4,5)6)17-23(25(19)31)29(10,11)12;;1-5(2,3)4/h14-17,30-31H,13H2,1-12H3;;(H3,1,2,3,4)/q;+3;/p-3. The van der Waals surface area contributed by atoms with Crippen LogP contribution in [0.5, 0.6) is 11.5 Å². The summed E-state index contributed by atoms with van der Waals surface area (Å²) >= 11 is 0. The van der Waals surface area contributed by atoms with Crippen LogP contribution in [0.25, 0.3) is 0 Å². The molecular formula is C29H44AlO6P. The molecule has 8 heteroatoms. The van der Waals surface area contributed by atoms with E-state index in [2.05, 4.69) is 107 Å². The van der Waals surface area contributed by atoms with Gasteiger partial charge in [-0.2, -0.15) is 7.82 Å². The van der Waals surface area contributed by atoms with Gasteiger partial charge in [0.05, 0.1) is 0 Å². The largest absolute Gasteiger partial charge is 3.00 e. The van der Waals surface area contributed by atoms with Gasteiger partial charge in [0, 0.05) is 6.42 Å². The average Bonchev–Trinajstić information content (AvgIpc) is 2.59. The van der Waals surface area contributed by atoms with E-state index in [-0.39, 0.29) is 39.0 Å². The third-order valence-corrected chi connectivity index (χ3v) is 6.11. The van der Waals surface area contributed by atoms with E-state index < -0.39 is 7.82 Å². The van der Waals surface area contributed by atoms with Gasteiger partial charge in [-0.25, -0.2) is 0 Å². The minimum Gasteiger partial charge on any atom is -0.822 e. The smallest absolute Gasteiger partial charge is 0.822 e. The number of aromatic hydroxyl groups is 2. The zero-order valence-electron chi connectivity index (χ0n) is 24.6. The monoisotopic (exact) mass is 546 g/mol. The third kappa shape index (κ3) is 10.8. The number of hydrogen-bond donors (Lipinski definition) is 2. The Hall–Kier alpha value is -1.32. The Balaban J connectivity index is 0.00000196. The zero-order valence-corrected chi connectivity index (χ0v) is 26.6. The Labute approximate surface area is 234 Å². The van der Waals surface area contributed by atoms with Crippen LogP contribution in [0.2, 0.25) is 0 Å². The van der Waals surface area contributed by atoms with E-state index in [0.717, 1.165) is 22.3 Å². The summed E-state index contributed by atoms with van der Waals surface area (Å²) in [6.07, 6.45) is 0.498. The fraction of sp³-hybridized carbons (Fsp3) is 0.586. The Bertz CT molecular complexity index is 1040. The van der Waals surface area contributed by atoms with Crippen molar-refractivity contribution in [2.24, 2.45) is 0 Å². The van der Waals surface area contributed by atoms with Gasteiger partial charge in [0.1, 0.15) is 11.5 Å². The van der Waals surface area contributed by atoms with Crippen LogP contribution in [0, 0.1) is 0 Å². The summed E-state index contributed by atoms with van der Waals surface area (Å²) < 4.78 is 8.55. The van der Waals surface area contributed by atoms with Crippen LogP contribution >= 0.6 is 7.82 Å². The van der Waals surface area contributed by atoms with Crippen molar-refractivity contribution in [2.75, 3.05) is 0 Å².